The smallest absolute Gasteiger partial charge is 0.247 e. The summed E-state index contributed by atoms with van der Waals surface area (Å²) in [7, 11) is 0. The van der Waals surface area contributed by atoms with Crippen LogP contribution >= 0.6 is 23.4 Å². The van der Waals surface area contributed by atoms with Crippen LogP contribution in [0.15, 0.2) is 56.7 Å². The quantitative estimate of drug-likeness (QED) is 0.384. The largest absolute Gasteiger partial charge is 0.461 e. The van der Waals surface area contributed by atoms with Crippen LogP contribution < -0.4 is 0 Å². The van der Waals surface area contributed by atoms with Gasteiger partial charge in [0.25, 0.3) is 0 Å². The molecule has 0 aliphatic carbocycles. The van der Waals surface area contributed by atoms with E-state index < -0.39 is 0 Å². The number of hydrogen-bond acceptors (Lipinski definition) is 7. The molecule has 0 amide bonds. The predicted molar refractivity (Wildman–Crippen MR) is 107 cm³/mol. The zero-order valence-electron chi connectivity index (χ0n) is 15.4. The van der Waals surface area contributed by atoms with Crippen LogP contribution in [-0.4, -0.2) is 25.0 Å². The summed E-state index contributed by atoms with van der Waals surface area (Å²) in [5.41, 5.74) is 0.830. The molecule has 0 N–H and O–H groups in total. The predicted octanol–water partition coefficient (Wildman–Crippen LogP) is 5.19. The van der Waals surface area contributed by atoms with E-state index in [4.69, 9.17) is 20.4 Å². The third kappa shape index (κ3) is 4.13. The van der Waals surface area contributed by atoms with E-state index in [1.807, 2.05) is 24.3 Å². The molecule has 0 unspecified atom stereocenters. The van der Waals surface area contributed by atoms with Crippen LogP contribution in [0.5, 0.6) is 0 Å². The lowest BCUT2D eigenvalue weighted by atomic mass is 10.2. The molecule has 0 fully saturated rings. The van der Waals surface area contributed by atoms with Crippen LogP contribution in [0.25, 0.3) is 23.0 Å². The van der Waals surface area contributed by atoms with E-state index in [0.717, 1.165) is 17.3 Å². The molecule has 0 radical (unpaired) electrons. The van der Waals surface area contributed by atoms with Gasteiger partial charge in [0.1, 0.15) is 0 Å². The average Bonchev–Trinajstić information content (AvgIpc) is 3.41. The van der Waals surface area contributed by atoms with Gasteiger partial charge in [-0.25, -0.2) is 0 Å². The molecule has 7 nitrogen and oxygen atoms in total. The number of aromatic nitrogens is 5. The Labute approximate surface area is 171 Å². The van der Waals surface area contributed by atoms with Crippen molar-refractivity contribution in [1.82, 2.24) is 25.0 Å². The van der Waals surface area contributed by atoms with Crippen LogP contribution in [0.2, 0.25) is 5.02 Å². The summed E-state index contributed by atoms with van der Waals surface area (Å²) in [5, 5.41) is 18.3. The molecule has 1 aromatic carbocycles. The van der Waals surface area contributed by atoms with E-state index in [9.17, 15) is 0 Å². The molecule has 9 heteroatoms. The molecule has 0 spiro atoms. The number of nitrogens with zero attached hydrogens (tertiary/aromatic N) is 5. The number of hydrogen-bond donors (Lipinski definition) is 0. The van der Waals surface area contributed by atoms with Gasteiger partial charge in [-0.2, -0.15) is 0 Å². The third-order valence-electron chi connectivity index (χ3n) is 3.89. The summed E-state index contributed by atoms with van der Waals surface area (Å²) in [6.45, 7) is 5.08. The van der Waals surface area contributed by atoms with Crippen molar-refractivity contribution >= 4 is 23.4 Å². The van der Waals surface area contributed by atoms with Crippen molar-refractivity contribution in [3.63, 3.8) is 0 Å². The second-order valence-electron chi connectivity index (χ2n) is 6.58. The lowest BCUT2D eigenvalue weighted by molar-refractivity contribution is 0.488. The minimum absolute atomic E-state index is 0.434. The first-order valence-corrected chi connectivity index (χ1v) is 10.1. The zero-order valence-corrected chi connectivity index (χ0v) is 16.9. The standard InChI is InChI=1S/C19H18ClN5O2S/c1-12(2)10-25-17(15-4-3-9-26-15)22-24-19(25)28-11-16-21-23-18(27-16)13-5-7-14(20)8-6-13/h3-9,12H,10-11H2,1-2H3. The van der Waals surface area contributed by atoms with E-state index in [2.05, 4.69) is 38.8 Å². The Kier molecular flexibility index (Phi) is 5.50. The van der Waals surface area contributed by atoms with Crippen molar-refractivity contribution in [1.29, 1.82) is 0 Å². The highest BCUT2D eigenvalue weighted by Gasteiger charge is 2.18. The number of thioether (sulfide) groups is 1. The van der Waals surface area contributed by atoms with Gasteiger partial charge in [-0.1, -0.05) is 37.2 Å². The van der Waals surface area contributed by atoms with Crippen molar-refractivity contribution in [3.8, 4) is 23.0 Å². The number of rotatable bonds is 7. The van der Waals surface area contributed by atoms with Gasteiger partial charge in [-0.3, -0.25) is 4.57 Å². The fourth-order valence-corrected chi connectivity index (χ4v) is 3.57. The molecule has 0 aliphatic heterocycles. The Hall–Kier alpha value is -2.58. The van der Waals surface area contributed by atoms with Crippen LogP contribution in [0.3, 0.4) is 0 Å². The van der Waals surface area contributed by atoms with Gasteiger partial charge in [0.2, 0.25) is 11.8 Å². The first-order valence-electron chi connectivity index (χ1n) is 8.78. The van der Waals surface area contributed by atoms with E-state index in [0.29, 0.717) is 40.1 Å². The normalized spacial score (nSPS) is 11.4. The lowest BCUT2D eigenvalue weighted by Gasteiger charge is -2.10. The Balaban J connectivity index is 1.51. The molecule has 0 saturated heterocycles. The maximum absolute atomic E-state index is 5.92. The van der Waals surface area contributed by atoms with Crippen molar-refractivity contribution in [2.24, 2.45) is 5.92 Å². The fourth-order valence-electron chi connectivity index (χ4n) is 2.66. The summed E-state index contributed by atoms with van der Waals surface area (Å²) in [6, 6.07) is 11.0. The van der Waals surface area contributed by atoms with Crippen molar-refractivity contribution in [2.75, 3.05) is 0 Å². The highest BCUT2D eigenvalue weighted by Crippen LogP contribution is 2.28. The molecule has 28 heavy (non-hydrogen) atoms. The van der Waals surface area contributed by atoms with Crippen molar-refractivity contribution in [2.45, 2.75) is 31.3 Å². The van der Waals surface area contributed by atoms with E-state index in [1.165, 1.54) is 11.8 Å². The van der Waals surface area contributed by atoms with E-state index in [1.54, 1.807) is 18.4 Å². The van der Waals surface area contributed by atoms with Crippen LogP contribution in [-0.2, 0) is 12.3 Å². The summed E-state index contributed by atoms with van der Waals surface area (Å²) in [4.78, 5) is 0. The fraction of sp³-hybridized carbons (Fsp3) is 0.263. The molecule has 0 bridgehead atoms. The summed E-state index contributed by atoms with van der Waals surface area (Å²) >= 11 is 7.42. The monoisotopic (exact) mass is 415 g/mol. The SMILES string of the molecule is CC(C)Cn1c(SCc2nnc(-c3ccc(Cl)cc3)o2)nnc1-c1ccco1. The van der Waals surface area contributed by atoms with Crippen LogP contribution in [0, 0.1) is 5.92 Å². The Morgan fingerprint density at radius 1 is 1.07 bits per heavy atom. The first-order chi connectivity index (χ1) is 13.6. The topological polar surface area (TPSA) is 82.8 Å². The maximum atomic E-state index is 5.92. The summed E-state index contributed by atoms with van der Waals surface area (Å²) in [6.07, 6.45) is 1.63. The molecular formula is C19H18ClN5O2S. The van der Waals surface area contributed by atoms with Gasteiger partial charge in [0.15, 0.2) is 16.7 Å². The number of halogens is 1. The molecule has 4 aromatic rings. The molecule has 0 atom stereocenters. The number of furan rings is 1. The van der Waals surface area contributed by atoms with Crippen LogP contribution in [0.1, 0.15) is 19.7 Å². The molecule has 3 heterocycles. The highest BCUT2D eigenvalue weighted by atomic mass is 35.5. The second-order valence-corrected chi connectivity index (χ2v) is 7.96. The summed E-state index contributed by atoms with van der Waals surface area (Å²) < 4.78 is 13.3. The maximum Gasteiger partial charge on any atom is 0.247 e. The van der Waals surface area contributed by atoms with Gasteiger partial charge < -0.3 is 8.83 Å². The van der Waals surface area contributed by atoms with Gasteiger partial charge in [0, 0.05) is 17.1 Å². The molecule has 3 aromatic heterocycles. The third-order valence-corrected chi connectivity index (χ3v) is 5.09. The average molecular weight is 416 g/mol. The second kappa shape index (κ2) is 8.20. The van der Waals surface area contributed by atoms with Gasteiger partial charge in [-0.05, 0) is 42.3 Å². The Bertz CT molecular complexity index is 1040. The van der Waals surface area contributed by atoms with Gasteiger partial charge in [-0.15, -0.1) is 20.4 Å². The molecule has 144 valence electrons. The highest BCUT2D eigenvalue weighted by molar-refractivity contribution is 7.98. The lowest BCUT2D eigenvalue weighted by Crippen LogP contribution is -2.07. The Morgan fingerprint density at radius 3 is 2.61 bits per heavy atom. The van der Waals surface area contributed by atoms with Gasteiger partial charge >= 0.3 is 0 Å². The molecular weight excluding hydrogens is 398 g/mol. The van der Waals surface area contributed by atoms with Crippen molar-refractivity contribution in [3.05, 3.63) is 53.6 Å². The minimum Gasteiger partial charge on any atom is -0.461 e. The van der Waals surface area contributed by atoms with Gasteiger partial charge in [0.05, 0.1) is 12.0 Å². The Morgan fingerprint density at radius 2 is 1.89 bits per heavy atom. The molecule has 4 rings (SSSR count). The van der Waals surface area contributed by atoms with E-state index >= 15 is 0 Å². The minimum atomic E-state index is 0.434. The summed E-state index contributed by atoms with van der Waals surface area (Å²) in [5.74, 6) is 3.33. The first kappa shape index (κ1) is 18.8. The number of benzene rings is 1. The van der Waals surface area contributed by atoms with Crippen LogP contribution in [0.4, 0.5) is 0 Å². The molecule has 0 aliphatic rings. The zero-order chi connectivity index (χ0) is 19.5. The van der Waals surface area contributed by atoms with Crippen molar-refractivity contribution < 1.29 is 8.83 Å². The molecule has 0 saturated carbocycles. The van der Waals surface area contributed by atoms with E-state index in [-0.39, 0.29) is 0 Å².